The number of piperidine rings is 1. The molecule has 2 heterocycles. The van der Waals surface area contributed by atoms with Crippen molar-refractivity contribution < 1.29 is 4.74 Å². The number of rotatable bonds is 5. The lowest BCUT2D eigenvalue weighted by molar-refractivity contribution is 0.106. The van der Waals surface area contributed by atoms with Crippen molar-refractivity contribution in [3.63, 3.8) is 0 Å². The van der Waals surface area contributed by atoms with Crippen molar-refractivity contribution in [1.29, 1.82) is 0 Å². The van der Waals surface area contributed by atoms with Gasteiger partial charge in [-0.05, 0) is 25.8 Å². The van der Waals surface area contributed by atoms with Crippen LogP contribution in [0.1, 0.15) is 31.4 Å². The van der Waals surface area contributed by atoms with E-state index in [0.29, 0.717) is 23.5 Å². The van der Waals surface area contributed by atoms with Crippen LogP contribution in [0.4, 0.5) is 0 Å². The summed E-state index contributed by atoms with van der Waals surface area (Å²) in [5.41, 5.74) is 0.714. The van der Waals surface area contributed by atoms with E-state index in [0.717, 1.165) is 19.6 Å². The maximum Gasteiger partial charge on any atom is 0.152 e. The zero-order valence-electron chi connectivity index (χ0n) is 9.86. The number of halogens is 1. The number of hydrogen-bond donors (Lipinski definition) is 1. The van der Waals surface area contributed by atoms with E-state index in [2.05, 4.69) is 15.3 Å². The molecular weight excluding hydrogens is 238 g/mol. The first-order valence-corrected chi connectivity index (χ1v) is 6.50. The lowest BCUT2D eigenvalue weighted by Gasteiger charge is -2.23. The lowest BCUT2D eigenvalue weighted by Crippen LogP contribution is -2.34. The third-order valence-corrected chi connectivity index (χ3v) is 3.30. The number of ether oxygens (including phenoxy) is 1. The fraction of sp³-hybridized carbons (Fsp3) is 0.667. The average Bonchev–Trinajstić information content (AvgIpc) is 2.38. The zero-order chi connectivity index (χ0) is 11.9. The Morgan fingerprint density at radius 3 is 3.00 bits per heavy atom. The highest BCUT2D eigenvalue weighted by Crippen LogP contribution is 2.12. The van der Waals surface area contributed by atoms with Crippen molar-refractivity contribution in [3.8, 4) is 0 Å². The second kappa shape index (κ2) is 6.89. The van der Waals surface area contributed by atoms with Crippen molar-refractivity contribution in [2.75, 3.05) is 13.2 Å². The second-order valence-corrected chi connectivity index (χ2v) is 4.64. The zero-order valence-corrected chi connectivity index (χ0v) is 10.6. The minimum Gasteiger partial charge on any atom is -0.375 e. The van der Waals surface area contributed by atoms with Crippen molar-refractivity contribution in [1.82, 2.24) is 15.3 Å². The monoisotopic (exact) mass is 255 g/mol. The van der Waals surface area contributed by atoms with E-state index in [1.54, 1.807) is 12.4 Å². The fourth-order valence-corrected chi connectivity index (χ4v) is 2.17. The Hall–Kier alpha value is -0.710. The molecule has 1 aromatic heterocycles. The number of nitrogens with one attached hydrogen (secondary N) is 1. The Morgan fingerprint density at radius 2 is 2.24 bits per heavy atom. The van der Waals surface area contributed by atoms with E-state index in [-0.39, 0.29) is 0 Å². The lowest BCUT2D eigenvalue weighted by atomic mass is 10.0. The van der Waals surface area contributed by atoms with Gasteiger partial charge in [0.05, 0.1) is 6.61 Å². The molecule has 0 spiro atoms. The highest BCUT2D eigenvalue weighted by molar-refractivity contribution is 6.29. The van der Waals surface area contributed by atoms with Crippen molar-refractivity contribution in [2.45, 2.75) is 38.3 Å². The molecule has 0 saturated carbocycles. The van der Waals surface area contributed by atoms with E-state index in [4.69, 9.17) is 16.3 Å². The van der Waals surface area contributed by atoms with Gasteiger partial charge >= 0.3 is 0 Å². The van der Waals surface area contributed by atoms with E-state index < -0.39 is 0 Å². The normalized spacial score (nSPS) is 20.4. The Kier molecular flexibility index (Phi) is 5.16. The molecule has 1 aliphatic rings. The summed E-state index contributed by atoms with van der Waals surface area (Å²) in [5.74, 6) is 0. The van der Waals surface area contributed by atoms with Crippen molar-refractivity contribution in [2.24, 2.45) is 0 Å². The first-order chi connectivity index (χ1) is 8.36. The average molecular weight is 256 g/mol. The molecule has 2 rings (SSSR count). The van der Waals surface area contributed by atoms with Crippen LogP contribution in [0.25, 0.3) is 0 Å². The Morgan fingerprint density at radius 1 is 1.35 bits per heavy atom. The summed E-state index contributed by atoms with van der Waals surface area (Å²) in [6.07, 6.45) is 8.15. The predicted octanol–water partition coefficient (Wildman–Crippen LogP) is 2.18. The van der Waals surface area contributed by atoms with E-state index in [1.807, 2.05) is 0 Å². The molecule has 1 aromatic rings. The van der Waals surface area contributed by atoms with Gasteiger partial charge in [-0.25, -0.2) is 4.98 Å². The molecule has 1 N–H and O–H groups in total. The maximum atomic E-state index is 5.89. The van der Waals surface area contributed by atoms with Crippen LogP contribution in [0.2, 0.25) is 5.15 Å². The number of nitrogens with zero attached hydrogens (tertiary/aromatic N) is 2. The van der Waals surface area contributed by atoms with Crippen LogP contribution in [-0.4, -0.2) is 29.2 Å². The maximum absolute atomic E-state index is 5.89. The van der Waals surface area contributed by atoms with Gasteiger partial charge in [-0.1, -0.05) is 18.0 Å². The third kappa shape index (κ3) is 4.22. The van der Waals surface area contributed by atoms with Crippen molar-refractivity contribution >= 4 is 11.6 Å². The first-order valence-electron chi connectivity index (χ1n) is 6.13. The summed E-state index contributed by atoms with van der Waals surface area (Å²) >= 11 is 5.89. The molecule has 17 heavy (non-hydrogen) atoms. The molecular formula is C12H18ClN3O. The van der Waals surface area contributed by atoms with Gasteiger partial charge < -0.3 is 10.1 Å². The summed E-state index contributed by atoms with van der Waals surface area (Å²) < 4.78 is 5.58. The van der Waals surface area contributed by atoms with Gasteiger partial charge in [-0.3, -0.25) is 4.98 Å². The first kappa shape index (κ1) is 12.7. The minimum absolute atomic E-state index is 0.434. The van der Waals surface area contributed by atoms with Gasteiger partial charge in [-0.2, -0.15) is 0 Å². The molecule has 0 aromatic carbocycles. The van der Waals surface area contributed by atoms with Crippen LogP contribution < -0.4 is 5.32 Å². The molecule has 0 bridgehead atoms. The van der Waals surface area contributed by atoms with Crippen LogP contribution in [0.15, 0.2) is 12.4 Å². The van der Waals surface area contributed by atoms with Crippen LogP contribution in [0.5, 0.6) is 0 Å². The molecule has 1 fully saturated rings. The molecule has 94 valence electrons. The van der Waals surface area contributed by atoms with Gasteiger partial charge in [0.1, 0.15) is 5.69 Å². The third-order valence-electron chi connectivity index (χ3n) is 2.98. The summed E-state index contributed by atoms with van der Waals surface area (Å²) in [6, 6.07) is 0.612. The van der Waals surface area contributed by atoms with Gasteiger partial charge in [-0.15, -0.1) is 0 Å². The SMILES string of the molecule is Clc1nccnc1COCC[C@@H]1CCCCN1. The summed E-state index contributed by atoms with van der Waals surface area (Å²) in [4.78, 5) is 8.09. The van der Waals surface area contributed by atoms with Crippen molar-refractivity contribution in [3.05, 3.63) is 23.2 Å². The quantitative estimate of drug-likeness (QED) is 0.820. The largest absolute Gasteiger partial charge is 0.375 e. The molecule has 5 heteroatoms. The molecule has 1 saturated heterocycles. The fourth-order valence-electron chi connectivity index (χ4n) is 2.01. The van der Waals surface area contributed by atoms with E-state index >= 15 is 0 Å². The molecule has 4 nitrogen and oxygen atoms in total. The summed E-state index contributed by atoms with van der Waals surface area (Å²) in [5, 5.41) is 3.93. The van der Waals surface area contributed by atoms with Gasteiger partial charge in [0.15, 0.2) is 5.15 Å². The highest BCUT2D eigenvalue weighted by Gasteiger charge is 2.12. The molecule has 1 aliphatic heterocycles. The van der Waals surface area contributed by atoms with Gasteiger partial charge in [0, 0.05) is 25.0 Å². The smallest absolute Gasteiger partial charge is 0.152 e. The molecule has 0 aliphatic carbocycles. The summed E-state index contributed by atoms with van der Waals surface area (Å²) in [7, 11) is 0. The highest BCUT2D eigenvalue weighted by atomic mass is 35.5. The predicted molar refractivity (Wildman–Crippen MR) is 67.0 cm³/mol. The van der Waals surface area contributed by atoms with Crippen LogP contribution in [0, 0.1) is 0 Å². The summed E-state index contributed by atoms with van der Waals surface area (Å²) in [6.45, 7) is 2.32. The molecule has 0 amide bonds. The van der Waals surface area contributed by atoms with E-state index in [9.17, 15) is 0 Å². The topological polar surface area (TPSA) is 47.0 Å². The van der Waals surface area contributed by atoms with Crippen LogP contribution >= 0.6 is 11.6 Å². The second-order valence-electron chi connectivity index (χ2n) is 4.28. The van der Waals surface area contributed by atoms with E-state index in [1.165, 1.54) is 19.3 Å². The Bertz CT molecular complexity index is 342. The standard InChI is InChI=1S/C12H18ClN3O/c13-12-11(15-6-7-16-12)9-17-8-4-10-3-1-2-5-14-10/h6-7,10,14H,1-5,8-9H2/t10-/m0/s1. The molecule has 0 unspecified atom stereocenters. The molecule has 1 atom stereocenters. The number of hydrogen-bond acceptors (Lipinski definition) is 4. The van der Waals surface area contributed by atoms with Crippen LogP contribution in [-0.2, 0) is 11.3 Å². The van der Waals surface area contributed by atoms with Gasteiger partial charge in [0.2, 0.25) is 0 Å². The van der Waals surface area contributed by atoms with Gasteiger partial charge in [0.25, 0.3) is 0 Å². The van der Waals surface area contributed by atoms with Crippen LogP contribution in [0.3, 0.4) is 0 Å². The molecule has 0 radical (unpaired) electrons. The number of aromatic nitrogens is 2. The Labute approximate surface area is 107 Å². The Balaban J connectivity index is 1.64. The minimum atomic E-state index is 0.434.